The Morgan fingerprint density at radius 2 is 1.96 bits per heavy atom. The number of hydrogen-bond acceptors (Lipinski definition) is 6. The highest BCUT2D eigenvalue weighted by molar-refractivity contribution is 7.99. The van der Waals surface area contributed by atoms with Gasteiger partial charge in [-0.05, 0) is 36.4 Å². The SMILES string of the molecule is COc1n[nH]c(C(=O)Nc2ccccc2Sc2ccc(Cl)cc2)c1[N+](=O)[O-]. The Morgan fingerprint density at radius 3 is 2.63 bits per heavy atom. The summed E-state index contributed by atoms with van der Waals surface area (Å²) in [6.07, 6.45) is 0. The fraction of sp³-hybridized carbons (Fsp3) is 0.0588. The molecule has 3 aromatic rings. The number of nitro groups is 1. The number of halogens is 1. The summed E-state index contributed by atoms with van der Waals surface area (Å²) in [5.74, 6) is -0.948. The molecule has 0 unspecified atom stereocenters. The predicted molar refractivity (Wildman–Crippen MR) is 102 cm³/mol. The maximum Gasteiger partial charge on any atom is 0.362 e. The van der Waals surface area contributed by atoms with Crippen LogP contribution in [0.25, 0.3) is 0 Å². The lowest BCUT2D eigenvalue weighted by atomic mass is 10.3. The van der Waals surface area contributed by atoms with E-state index in [1.165, 1.54) is 18.9 Å². The molecule has 0 radical (unpaired) electrons. The van der Waals surface area contributed by atoms with Gasteiger partial charge in [0.15, 0.2) is 0 Å². The Balaban J connectivity index is 1.86. The molecule has 1 aromatic heterocycles. The highest BCUT2D eigenvalue weighted by Gasteiger charge is 2.30. The Hall–Kier alpha value is -3.04. The minimum atomic E-state index is -0.717. The minimum absolute atomic E-state index is 0.256. The van der Waals surface area contributed by atoms with E-state index in [9.17, 15) is 14.9 Å². The number of methoxy groups -OCH3 is 1. The van der Waals surface area contributed by atoms with E-state index in [1.807, 2.05) is 24.3 Å². The number of aromatic nitrogens is 2. The summed E-state index contributed by atoms with van der Waals surface area (Å²) in [4.78, 5) is 24.8. The van der Waals surface area contributed by atoms with Crippen molar-refractivity contribution in [3.05, 3.63) is 69.4 Å². The lowest BCUT2D eigenvalue weighted by Gasteiger charge is -2.10. The molecule has 0 saturated heterocycles. The fourth-order valence-corrected chi connectivity index (χ4v) is 3.29. The summed E-state index contributed by atoms with van der Waals surface area (Å²) in [7, 11) is 1.24. The Labute approximate surface area is 163 Å². The molecule has 0 aliphatic heterocycles. The summed E-state index contributed by atoms with van der Waals surface area (Å²) < 4.78 is 4.82. The van der Waals surface area contributed by atoms with E-state index < -0.39 is 16.5 Å². The second-order valence-electron chi connectivity index (χ2n) is 5.22. The van der Waals surface area contributed by atoms with Gasteiger partial charge in [-0.1, -0.05) is 35.5 Å². The summed E-state index contributed by atoms with van der Waals surface area (Å²) in [6, 6.07) is 14.4. The van der Waals surface area contributed by atoms with Crippen LogP contribution in [0.4, 0.5) is 11.4 Å². The first-order valence-corrected chi connectivity index (χ1v) is 8.79. The van der Waals surface area contributed by atoms with Crippen molar-refractivity contribution in [1.82, 2.24) is 10.2 Å². The van der Waals surface area contributed by atoms with E-state index in [0.29, 0.717) is 10.7 Å². The maximum absolute atomic E-state index is 12.5. The van der Waals surface area contributed by atoms with Crippen molar-refractivity contribution in [3.8, 4) is 5.88 Å². The molecule has 0 aliphatic carbocycles. The van der Waals surface area contributed by atoms with Crippen LogP contribution < -0.4 is 10.1 Å². The highest BCUT2D eigenvalue weighted by atomic mass is 35.5. The van der Waals surface area contributed by atoms with Gasteiger partial charge in [-0.3, -0.25) is 20.0 Å². The molecule has 0 aliphatic rings. The fourth-order valence-electron chi connectivity index (χ4n) is 2.26. The number of nitrogens with one attached hydrogen (secondary N) is 2. The Morgan fingerprint density at radius 1 is 1.26 bits per heavy atom. The lowest BCUT2D eigenvalue weighted by Crippen LogP contribution is -2.14. The number of rotatable bonds is 6. The van der Waals surface area contributed by atoms with Crippen LogP contribution in [0, 0.1) is 10.1 Å². The number of amides is 1. The summed E-state index contributed by atoms with van der Waals surface area (Å²) in [6.45, 7) is 0. The van der Waals surface area contributed by atoms with Crippen LogP contribution in [0.1, 0.15) is 10.5 Å². The molecule has 27 heavy (non-hydrogen) atoms. The smallest absolute Gasteiger partial charge is 0.362 e. The van der Waals surface area contributed by atoms with E-state index in [-0.39, 0.29) is 11.6 Å². The molecule has 138 valence electrons. The van der Waals surface area contributed by atoms with E-state index in [2.05, 4.69) is 15.5 Å². The third-order valence-electron chi connectivity index (χ3n) is 3.49. The van der Waals surface area contributed by atoms with Crippen LogP contribution in [0.3, 0.4) is 0 Å². The van der Waals surface area contributed by atoms with Crippen molar-refractivity contribution in [2.45, 2.75) is 9.79 Å². The van der Waals surface area contributed by atoms with Crippen molar-refractivity contribution in [3.63, 3.8) is 0 Å². The molecule has 1 heterocycles. The van der Waals surface area contributed by atoms with Gasteiger partial charge >= 0.3 is 11.6 Å². The van der Waals surface area contributed by atoms with Gasteiger partial charge in [-0.25, -0.2) is 0 Å². The van der Waals surface area contributed by atoms with Crippen LogP contribution in [-0.2, 0) is 0 Å². The summed E-state index contributed by atoms with van der Waals surface area (Å²) in [5.41, 5.74) is -0.300. The third kappa shape index (κ3) is 4.21. The molecule has 2 aromatic carbocycles. The van der Waals surface area contributed by atoms with Gasteiger partial charge < -0.3 is 10.1 Å². The van der Waals surface area contributed by atoms with Crippen LogP contribution in [0.2, 0.25) is 5.02 Å². The number of nitrogens with zero attached hydrogens (tertiary/aromatic N) is 2. The van der Waals surface area contributed by atoms with E-state index in [1.54, 1.807) is 24.3 Å². The molecule has 0 saturated carbocycles. The van der Waals surface area contributed by atoms with E-state index in [0.717, 1.165) is 9.79 Å². The quantitative estimate of drug-likeness (QED) is 0.466. The monoisotopic (exact) mass is 404 g/mol. The number of benzene rings is 2. The molecule has 10 heteroatoms. The van der Waals surface area contributed by atoms with Gasteiger partial charge in [0.2, 0.25) is 5.69 Å². The summed E-state index contributed by atoms with van der Waals surface area (Å²) in [5, 5.41) is 20.5. The third-order valence-corrected chi connectivity index (χ3v) is 4.82. The highest BCUT2D eigenvalue weighted by Crippen LogP contribution is 2.35. The number of H-pyrrole nitrogens is 1. The van der Waals surface area contributed by atoms with Gasteiger partial charge in [0.25, 0.3) is 5.91 Å². The second-order valence-corrected chi connectivity index (χ2v) is 6.77. The molecule has 1 amide bonds. The first kappa shape index (κ1) is 18.7. The second kappa shape index (κ2) is 8.11. The van der Waals surface area contributed by atoms with Crippen molar-refractivity contribution in [2.75, 3.05) is 12.4 Å². The number of para-hydroxylation sites is 1. The molecule has 8 nitrogen and oxygen atoms in total. The largest absolute Gasteiger partial charge is 0.475 e. The number of ether oxygens (including phenoxy) is 1. The molecular formula is C17H13ClN4O4S. The van der Waals surface area contributed by atoms with Crippen molar-refractivity contribution in [1.29, 1.82) is 0 Å². The van der Waals surface area contributed by atoms with Crippen LogP contribution >= 0.6 is 23.4 Å². The van der Waals surface area contributed by atoms with Crippen LogP contribution in [0.5, 0.6) is 5.88 Å². The minimum Gasteiger partial charge on any atom is -0.475 e. The maximum atomic E-state index is 12.5. The van der Waals surface area contributed by atoms with E-state index >= 15 is 0 Å². The van der Waals surface area contributed by atoms with Crippen molar-refractivity contribution < 1.29 is 14.5 Å². The predicted octanol–water partition coefficient (Wildman–Crippen LogP) is 4.38. The standard InChI is InChI=1S/C17H13ClN4O4S/c1-26-17-15(22(24)25)14(20-21-17)16(23)19-12-4-2-3-5-13(12)27-11-8-6-10(18)7-9-11/h2-9H,1H3,(H,19,23)(H,20,21). The zero-order chi connectivity index (χ0) is 19.4. The zero-order valence-electron chi connectivity index (χ0n) is 13.9. The summed E-state index contributed by atoms with van der Waals surface area (Å²) >= 11 is 7.32. The van der Waals surface area contributed by atoms with Crippen LogP contribution in [0.15, 0.2) is 58.3 Å². The first-order valence-electron chi connectivity index (χ1n) is 7.60. The van der Waals surface area contributed by atoms with Gasteiger partial charge in [0.1, 0.15) is 0 Å². The van der Waals surface area contributed by atoms with Gasteiger partial charge in [-0.2, -0.15) is 0 Å². The zero-order valence-corrected chi connectivity index (χ0v) is 15.5. The number of carbonyl (C=O) groups excluding carboxylic acids is 1. The molecule has 0 fully saturated rings. The number of carbonyl (C=O) groups is 1. The normalized spacial score (nSPS) is 10.4. The Bertz CT molecular complexity index is 991. The van der Waals surface area contributed by atoms with E-state index in [4.69, 9.17) is 16.3 Å². The number of anilines is 1. The van der Waals surface area contributed by atoms with Crippen molar-refractivity contribution >= 4 is 40.6 Å². The molecular weight excluding hydrogens is 392 g/mol. The average Bonchev–Trinajstić information content (AvgIpc) is 3.10. The van der Waals surface area contributed by atoms with Crippen molar-refractivity contribution in [2.24, 2.45) is 0 Å². The van der Waals surface area contributed by atoms with Gasteiger partial charge in [-0.15, -0.1) is 5.10 Å². The molecule has 0 bridgehead atoms. The number of aromatic amines is 1. The number of hydrogen-bond donors (Lipinski definition) is 2. The van der Waals surface area contributed by atoms with Gasteiger partial charge in [0, 0.05) is 14.8 Å². The van der Waals surface area contributed by atoms with Crippen LogP contribution in [-0.4, -0.2) is 28.1 Å². The molecule has 2 N–H and O–H groups in total. The molecule has 3 rings (SSSR count). The lowest BCUT2D eigenvalue weighted by molar-refractivity contribution is -0.386. The Kier molecular flexibility index (Phi) is 5.63. The average molecular weight is 405 g/mol. The molecule has 0 spiro atoms. The topological polar surface area (TPSA) is 110 Å². The van der Waals surface area contributed by atoms with Gasteiger partial charge in [0.05, 0.1) is 17.7 Å². The molecule has 0 atom stereocenters. The first-order chi connectivity index (χ1) is 13.0.